The van der Waals surface area contributed by atoms with Crippen LogP contribution in [0.5, 0.6) is 0 Å². The van der Waals surface area contributed by atoms with Crippen molar-refractivity contribution in [3.63, 3.8) is 0 Å². The number of hydrogen-bond acceptors (Lipinski definition) is 2. The number of aliphatic imine (C=N–C) groups is 1. The molecule has 0 aliphatic heterocycles. The Morgan fingerprint density at radius 3 is 2.95 bits per heavy atom. The van der Waals surface area contributed by atoms with Crippen LogP contribution in [0.3, 0.4) is 0 Å². The molecule has 1 aliphatic rings. The summed E-state index contributed by atoms with van der Waals surface area (Å²) in [5.41, 5.74) is 0.790. The molecule has 1 aromatic carbocycles. The van der Waals surface area contributed by atoms with Gasteiger partial charge < -0.3 is 15.4 Å². The molecule has 20 heavy (non-hydrogen) atoms. The topological polar surface area (TPSA) is 45.7 Å². The first kappa shape index (κ1) is 14.8. The van der Waals surface area contributed by atoms with Crippen LogP contribution in [0, 0.1) is 5.82 Å². The first-order chi connectivity index (χ1) is 9.76. The normalized spacial score (nSPS) is 21.6. The Kier molecular flexibility index (Phi) is 5.35. The van der Waals surface area contributed by atoms with Crippen LogP contribution in [0.4, 0.5) is 4.39 Å². The van der Waals surface area contributed by atoms with Gasteiger partial charge in [0.2, 0.25) is 0 Å². The maximum atomic E-state index is 13.7. The minimum absolute atomic E-state index is 0.122. The Balaban J connectivity index is 1.90. The van der Waals surface area contributed by atoms with E-state index in [4.69, 9.17) is 4.74 Å². The van der Waals surface area contributed by atoms with Crippen molar-refractivity contribution in [2.75, 3.05) is 26.8 Å². The monoisotopic (exact) mass is 279 g/mol. The highest BCUT2D eigenvalue weighted by Gasteiger charge is 2.40. The predicted octanol–water partition coefficient (Wildman–Crippen LogP) is 1.88. The molecule has 1 saturated carbocycles. The number of ether oxygens (including phenoxy) is 1. The molecule has 1 aromatic rings. The molecule has 0 aromatic heterocycles. The Morgan fingerprint density at radius 1 is 1.45 bits per heavy atom. The van der Waals surface area contributed by atoms with Crippen LogP contribution in [-0.2, 0) is 4.74 Å². The number of nitrogens with zero attached hydrogens (tertiary/aromatic N) is 1. The fourth-order valence-electron chi connectivity index (χ4n) is 2.22. The summed E-state index contributed by atoms with van der Waals surface area (Å²) in [7, 11) is 1.66. The standard InChI is InChI=1S/C15H22FN3O/c1-3-17-15(18-8-9-20-2)19-14-10-12(14)11-6-4-5-7-13(11)16/h4-7,12,14H,3,8-10H2,1-2H3,(H2,17,18,19). The molecule has 0 amide bonds. The third kappa shape index (κ3) is 3.93. The van der Waals surface area contributed by atoms with Crippen LogP contribution < -0.4 is 10.6 Å². The molecule has 2 unspecified atom stereocenters. The Morgan fingerprint density at radius 2 is 2.25 bits per heavy atom. The molecule has 0 heterocycles. The molecule has 0 bridgehead atoms. The van der Waals surface area contributed by atoms with Crippen molar-refractivity contribution in [3.8, 4) is 0 Å². The summed E-state index contributed by atoms with van der Waals surface area (Å²) in [6.45, 7) is 4.03. The number of halogens is 1. The van der Waals surface area contributed by atoms with Crippen molar-refractivity contribution in [2.24, 2.45) is 4.99 Å². The van der Waals surface area contributed by atoms with Crippen LogP contribution in [0.1, 0.15) is 24.8 Å². The fourth-order valence-corrected chi connectivity index (χ4v) is 2.22. The van der Waals surface area contributed by atoms with E-state index in [1.54, 1.807) is 13.2 Å². The Bertz CT molecular complexity index is 464. The van der Waals surface area contributed by atoms with Gasteiger partial charge in [0.25, 0.3) is 0 Å². The van der Waals surface area contributed by atoms with Gasteiger partial charge in [0.1, 0.15) is 5.82 Å². The summed E-state index contributed by atoms with van der Waals surface area (Å²) >= 11 is 0. The predicted molar refractivity (Wildman–Crippen MR) is 78.5 cm³/mol. The van der Waals surface area contributed by atoms with E-state index < -0.39 is 0 Å². The van der Waals surface area contributed by atoms with Crippen LogP contribution >= 0.6 is 0 Å². The highest BCUT2D eigenvalue weighted by atomic mass is 19.1. The highest BCUT2D eigenvalue weighted by molar-refractivity contribution is 5.80. The van der Waals surface area contributed by atoms with E-state index in [1.165, 1.54) is 6.07 Å². The number of benzene rings is 1. The average Bonchev–Trinajstić information content (AvgIpc) is 3.19. The molecule has 0 spiro atoms. The number of methoxy groups -OCH3 is 1. The third-order valence-electron chi connectivity index (χ3n) is 3.33. The van der Waals surface area contributed by atoms with Gasteiger partial charge in [-0.05, 0) is 25.0 Å². The van der Waals surface area contributed by atoms with Gasteiger partial charge in [-0.2, -0.15) is 0 Å². The summed E-state index contributed by atoms with van der Waals surface area (Å²) in [6, 6.07) is 7.23. The number of guanidine groups is 1. The molecule has 2 N–H and O–H groups in total. The van der Waals surface area contributed by atoms with Crippen LogP contribution in [0.2, 0.25) is 0 Å². The van der Waals surface area contributed by atoms with Gasteiger partial charge in [-0.15, -0.1) is 0 Å². The van der Waals surface area contributed by atoms with Crippen molar-refractivity contribution in [2.45, 2.75) is 25.3 Å². The molecule has 0 radical (unpaired) electrons. The minimum atomic E-state index is -0.122. The number of hydrogen-bond donors (Lipinski definition) is 2. The van der Waals surface area contributed by atoms with Gasteiger partial charge in [0.05, 0.1) is 13.2 Å². The molecular weight excluding hydrogens is 257 g/mol. The van der Waals surface area contributed by atoms with E-state index in [-0.39, 0.29) is 17.8 Å². The van der Waals surface area contributed by atoms with Crippen LogP contribution in [0.25, 0.3) is 0 Å². The molecular formula is C15H22FN3O. The second kappa shape index (κ2) is 7.24. The van der Waals surface area contributed by atoms with Gasteiger partial charge in [-0.1, -0.05) is 18.2 Å². The largest absolute Gasteiger partial charge is 0.383 e. The number of nitrogens with one attached hydrogen (secondary N) is 2. The molecule has 110 valence electrons. The average molecular weight is 279 g/mol. The summed E-state index contributed by atoms with van der Waals surface area (Å²) in [4.78, 5) is 4.41. The molecule has 0 saturated heterocycles. The maximum absolute atomic E-state index is 13.7. The second-order valence-corrected chi connectivity index (χ2v) is 4.87. The third-order valence-corrected chi connectivity index (χ3v) is 3.33. The summed E-state index contributed by atoms with van der Waals surface area (Å²) in [6.07, 6.45) is 0.940. The zero-order valence-electron chi connectivity index (χ0n) is 12.0. The van der Waals surface area contributed by atoms with E-state index in [2.05, 4.69) is 15.6 Å². The molecule has 4 nitrogen and oxygen atoms in total. The molecule has 1 aliphatic carbocycles. The van der Waals surface area contributed by atoms with Crippen molar-refractivity contribution < 1.29 is 9.13 Å². The zero-order chi connectivity index (χ0) is 14.4. The van der Waals surface area contributed by atoms with Crippen molar-refractivity contribution in [1.29, 1.82) is 0 Å². The van der Waals surface area contributed by atoms with Crippen molar-refractivity contribution >= 4 is 5.96 Å². The van der Waals surface area contributed by atoms with Gasteiger partial charge in [0, 0.05) is 25.6 Å². The van der Waals surface area contributed by atoms with E-state index in [9.17, 15) is 4.39 Å². The van der Waals surface area contributed by atoms with Gasteiger partial charge in [-0.3, -0.25) is 4.99 Å². The van der Waals surface area contributed by atoms with Gasteiger partial charge in [-0.25, -0.2) is 4.39 Å². The van der Waals surface area contributed by atoms with Crippen molar-refractivity contribution in [3.05, 3.63) is 35.6 Å². The Labute approximate surface area is 119 Å². The first-order valence-corrected chi connectivity index (χ1v) is 7.04. The summed E-state index contributed by atoms with van der Waals surface area (Å²) < 4.78 is 18.7. The molecule has 2 atom stereocenters. The van der Waals surface area contributed by atoms with Gasteiger partial charge in [0.15, 0.2) is 5.96 Å². The lowest BCUT2D eigenvalue weighted by Gasteiger charge is -2.11. The van der Waals surface area contributed by atoms with Crippen LogP contribution in [0.15, 0.2) is 29.3 Å². The van der Waals surface area contributed by atoms with Gasteiger partial charge >= 0.3 is 0 Å². The summed E-state index contributed by atoms with van der Waals surface area (Å²) in [5.74, 6) is 0.888. The SMILES string of the molecule is CCNC(=NCCOC)NC1CC1c1ccccc1F. The fraction of sp³-hybridized carbons (Fsp3) is 0.533. The Hall–Kier alpha value is -1.62. The second-order valence-electron chi connectivity index (χ2n) is 4.87. The lowest BCUT2D eigenvalue weighted by atomic mass is 10.1. The lowest BCUT2D eigenvalue weighted by Crippen LogP contribution is -2.39. The van der Waals surface area contributed by atoms with E-state index in [0.29, 0.717) is 13.2 Å². The smallest absolute Gasteiger partial charge is 0.191 e. The maximum Gasteiger partial charge on any atom is 0.191 e. The van der Waals surface area contributed by atoms with E-state index >= 15 is 0 Å². The summed E-state index contributed by atoms with van der Waals surface area (Å²) in [5, 5.41) is 6.53. The number of rotatable bonds is 6. The van der Waals surface area contributed by atoms with E-state index in [1.807, 2.05) is 19.1 Å². The molecule has 1 fully saturated rings. The van der Waals surface area contributed by atoms with Crippen molar-refractivity contribution in [1.82, 2.24) is 10.6 Å². The van der Waals surface area contributed by atoms with E-state index in [0.717, 1.165) is 24.5 Å². The molecule has 5 heteroatoms. The highest BCUT2D eigenvalue weighted by Crippen LogP contribution is 2.41. The minimum Gasteiger partial charge on any atom is -0.383 e. The first-order valence-electron chi connectivity index (χ1n) is 7.04. The zero-order valence-corrected chi connectivity index (χ0v) is 12.0. The van der Waals surface area contributed by atoms with Crippen LogP contribution in [-0.4, -0.2) is 38.8 Å². The quantitative estimate of drug-likeness (QED) is 0.475. The lowest BCUT2D eigenvalue weighted by molar-refractivity contribution is 0.208. The molecule has 2 rings (SSSR count).